The maximum absolute atomic E-state index is 11.4. The number of aliphatic hydroxyl groups excluding tert-OH is 1. The third kappa shape index (κ3) is 3.59. The van der Waals surface area contributed by atoms with Crippen LogP contribution in [0.4, 0.5) is 0 Å². The van der Waals surface area contributed by atoms with Crippen LogP contribution in [0.3, 0.4) is 0 Å². The van der Waals surface area contributed by atoms with Crippen molar-refractivity contribution in [1.82, 2.24) is 0 Å². The van der Waals surface area contributed by atoms with Crippen molar-refractivity contribution in [1.29, 1.82) is 0 Å². The summed E-state index contributed by atoms with van der Waals surface area (Å²) in [5.41, 5.74) is 7.60. The van der Waals surface area contributed by atoms with Crippen LogP contribution in [0.25, 0.3) is 0 Å². The number of carbonyl (C=O) groups excluding carboxylic acids is 1. The van der Waals surface area contributed by atoms with Crippen LogP contribution in [-0.4, -0.2) is 17.6 Å². The van der Waals surface area contributed by atoms with Crippen molar-refractivity contribution in [2.45, 2.75) is 13.0 Å². The van der Waals surface area contributed by atoms with Gasteiger partial charge >= 0.3 is 0 Å². The summed E-state index contributed by atoms with van der Waals surface area (Å²) in [4.78, 5) is 11.4. The van der Waals surface area contributed by atoms with Crippen LogP contribution in [0.15, 0.2) is 48.5 Å². The SMILES string of the molecule is NC(=O)c1ccc(CCO)cc1OCc1ccccc1. The summed E-state index contributed by atoms with van der Waals surface area (Å²) in [7, 11) is 0. The lowest BCUT2D eigenvalue weighted by Crippen LogP contribution is -2.13. The van der Waals surface area contributed by atoms with Gasteiger partial charge in [0.25, 0.3) is 5.91 Å². The Balaban J connectivity index is 2.19. The van der Waals surface area contributed by atoms with E-state index >= 15 is 0 Å². The fourth-order valence-electron chi connectivity index (χ4n) is 1.91. The minimum Gasteiger partial charge on any atom is -0.488 e. The summed E-state index contributed by atoms with van der Waals surface area (Å²) in [5.74, 6) is -0.0732. The highest BCUT2D eigenvalue weighted by Crippen LogP contribution is 2.22. The number of amides is 1. The van der Waals surface area contributed by atoms with E-state index in [4.69, 9.17) is 15.6 Å². The molecule has 2 aromatic rings. The van der Waals surface area contributed by atoms with Gasteiger partial charge in [0.1, 0.15) is 12.4 Å². The molecule has 0 aliphatic heterocycles. The number of aliphatic hydroxyl groups is 1. The fraction of sp³-hybridized carbons (Fsp3) is 0.188. The zero-order chi connectivity index (χ0) is 14.4. The van der Waals surface area contributed by atoms with E-state index in [9.17, 15) is 4.79 Å². The molecule has 0 saturated carbocycles. The molecular weight excluding hydrogens is 254 g/mol. The van der Waals surface area contributed by atoms with Crippen molar-refractivity contribution >= 4 is 5.91 Å². The quantitative estimate of drug-likeness (QED) is 0.842. The van der Waals surface area contributed by atoms with E-state index in [0.717, 1.165) is 11.1 Å². The highest BCUT2D eigenvalue weighted by atomic mass is 16.5. The standard InChI is InChI=1S/C16H17NO3/c17-16(19)14-7-6-12(8-9-18)10-15(14)20-11-13-4-2-1-3-5-13/h1-7,10,18H,8-9,11H2,(H2,17,19). The maximum Gasteiger partial charge on any atom is 0.252 e. The molecular formula is C16H17NO3. The van der Waals surface area contributed by atoms with Gasteiger partial charge in [0.05, 0.1) is 5.56 Å². The Kier molecular flexibility index (Phi) is 4.74. The van der Waals surface area contributed by atoms with Crippen molar-refractivity contribution in [2.75, 3.05) is 6.61 Å². The monoisotopic (exact) mass is 271 g/mol. The lowest BCUT2D eigenvalue weighted by molar-refractivity contribution is 0.0996. The molecule has 0 aromatic heterocycles. The third-order valence-corrected chi connectivity index (χ3v) is 2.95. The van der Waals surface area contributed by atoms with Gasteiger partial charge in [-0.2, -0.15) is 0 Å². The molecule has 4 heteroatoms. The topological polar surface area (TPSA) is 72.6 Å². The lowest BCUT2D eigenvalue weighted by atomic mass is 10.1. The molecule has 0 aliphatic rings. The van der Waals surface area contributed by atoms with Crippen LogP contribution in [0.5, 0.6) is 5.75 Å². The Morgan fingerprint density at radius 1 is 1.10 bits per heavy atom. The second-order valence-electron chi connectivity index (χ2n) is 4.44. The van der Waals surface area contributed by atoms with Gasteiger partial charge in [-0.15, -0.1) is 0 Å². The van der Waals surface area contributed by atoms with Crippen LogP contribution < -0.4 is 10.5 Å². The molecule has 0 heterocycles. The summed E-state index contributed by atoms with van der Waals surface area (Å²) in [6.07, 6.45) is 0.515. The summed E-state index contributed by atoms with van der Waals surface area (Å²) in [6.45, 7) is 0.414. The molecule has 0 radical (unpaired) electrons. The second kappa shape index (κ2) is 6.73. The van der Waals surface area contributed by atoms with Crippen molar-refractivity contribution in [3.63, 3.8) is 0 Å². The smallest absolute Gasteiger partial charge is 0.252 e. The molecule has 1 amide bonds. The van der Waals surface area contributed by atoms with E-state index in [1.165, 1.54) is 0 Å². The number of benzene rings is 2. The van der Waals surface area contributed by atoms with E-state index in [2.05, 4.69) is 0 Å². The number of rotatable bonds is 6. The number of primary amides is 1. The second-order valence-corrected chi connectivity index (χ2v) is 4.44. The molecule has 3 N–H and O–H groups in total. The van der Waals surface area contributed by atoms with Gasteiger partial charge in [-0.3, -0.25) is 4.79 Å². The van der Waals surface area contributed by atoms with Gasteiger partial charge in [-0.05, 0) is 29.7 Å². The molecule has 0 fully saturated rings. The first-order chi connectivity index (χ1) is 9.70. The van der Waals surface area contributed by atoms with Crippen molar-refractivity contribution in [2.24, 2.45) is 5.73 Å². The highest BCUT2D eigenvalue weighted by Gasteiger charge is 2.10. The van der Waals surface area contributed by atoms with Gasteiger partial charge < -0.3 is 15.6 Å². The maximum atomic E-state index is 11.4. The van der Waals surface area contributed by atoms with Gasteiger partial charge in [0, 0.05) is 6.61 Å². The number of hydrogen-bond acceptors (Lipinski definition) is 3. The summed E-state index contributed by atoms with van der Waals surface area (Å²) < 4.78 is 5.69. The normalized spacial score (nSPS) is 10.2. The average molecular weight is 271 g/mol. The first-order valence-corrected chi connectivity index (χ1v) is 6.41. The Morgan fingerprint density at radius 3 is 2.50 bits per heavy atom. The number of hydrogen-bond donors (Lipinski definition) is 2. The number of carbonyl (C=O) groups is 1. The predicted octanol–water partition coefficient (Wildman–Crippen LogP) is 1.90. The Labute approximate surface area is 117 Å². The van der Waals surface area contributed by atoms with Crippen molar-refractivity contribution < 1.29 is 14.6 Å². The van der Waals surface area contributed by atoms with E-state index in [-0.39, 0.29) is 6.61 Å². The van der Waals surface area contributed by atoms with Crippen LogP contribution in [0, 0.1) is 0 Å². The number of ether oxygens (including phenoxy) is 1. The Morgan fingerprint density at radius 2 is 1.85 bits per heavy atom. The molecule has 2 aromatic carbocycles. The van der Waals surface area contributed by atoms with Crippen LogP contribution in [0.1, 0.15) is 21.5 Å². The van der Waals surface area contributed by atoms with Crippen LogP contribution in [0.2, 0.25) is 0 Å². The van der Waals surface area contributed by atoms with Crippen LogP contribution >= 0.6 is 0 Å². The van der Waals surface area contributed by atoms with Gasteiger partial charge in [0.2, 0.25) is 0 Å². The van der Waals surface area contributed by atoms with E-state index in [1.54, 1.807) is 18.2 Å². The van der Waals surface area contributed by atoms with E-state index < -0.39 is 5.91 Å². The van der Waals surface area contributed by atoms with Crippen LogP contribution in [-0.2, 0) is 13.0 Å². The molecule has 2 rings (SSSR count). The molecule has 4 nitrogen and oxygen atoms in total. The first-order valence-electron chi connectivity index (χ1n) is 6.41. The van der Waals surface area contributed by atoms with E-state index in [0.29, 0.717) is 24.3 Å². The van der Waals surface area contributed by atoms with Crippen molar-refractivity contribution in [3.8, 4) is 5.75 Å². The largest absolute Gasteiger partial charge is 0.488 e. The van der Waals surface area contributed by atoms with Gasteiger partial charge in [0.15, 0.2) is 0 Å². The number of nitrogens with two attached hydrogens (primary N) is 1. The molecule has 0 bridgehead atoms. The zero-order valence-electron chi connectivity index (χ0n) is 11.1. The molecule has 0 atom stereocenters. The Hall–Kier alpha value is -2.33. The van der Waals surface area contributed by atoms with Gasteiger partial charge in [-0.25, -0.2) is 0 Å². The molecule has 0 spiro atoms. The minimum atomic E-state index is -0.524. The first kappa shape index (κ1) is 14.1. The van der Waals surface area contributed by atoms with E-state index in [1.807, 2.05) is 30.3 Å². The molecule has 104 valence electrons. The molecule has 0 unspecified atom stereocenters. The highest BCUT2D eigenvalue weighted by molar-refractivity contribution is 5.95. The molecule has 0 aliphatic carbocycles. The zero-order valence-corrected chi connectivity index (χ0v) is 11.1. The lowest BCUT2D eigenvalue weighted by Gasteiger charge is -2.11. The molecule has 0 saturated heterocycles. The summed E-state index contributed by atoms with van der Waals surface area (Å²) in [5, 5.41) is 8.96. The molecule has 20 heavy (non-hydrogen) atoms. The minimum absolute atomic E-state index is 0.0496. The van der Waals surface area contributed by atoms with Crippen molar-refractivity contribution in [3.05, 3.63) is 65.2 Å². The Bertz CT molecular complexity index is 582. The summed E-state index contributed by atoms with van der Waals surface area (Å²) in [6, 6.07) is 14.8. The van der Waals surface area contributed by atoms with Gasteiger partial charge in [-0.1, -0.05) is 36.4 Å². The predicted molar refractivity (Wildman–Crippen MR) is 76.5 cm³/mol. The third-order valence-electron chi connectivity index (χ3n) is 2.95. The fourth-order valence-corrected chi connectivity index (χ4v) is 1.91. The average Bonchev–Trinajstić information content (AvgIpc) is 2.46. The summed E-state index contributed by atoms with van der Waals surface area (Å²) >= 11 is 0.